The summed E-state index contributed by atoms with van der Waals surface area (Å²) >= 11 is 0. The van der Waals surface area contributed by atoms with Crippen LogP contribution in [0.4, 0.5) is 0 Å². The molecule has 19 nitrogen and oxygen atoms in total. The van der Waals surface area contributed by atoms with Gasteiger partial charge >= 0.3 is 0 Å². The molecule has 0 bridgehead atoms. The number of aliphatic hydroxyl groups is 11. The van der Waals surface area contributed by atoms with E-state index in [2.05, 4.69) is 20.8 Å². The Balaban J connectivity index is 0.890. The number of hydrogen-bond donors (Lipinski definition) is 11. The average molecular weight is 917 g/mol. The number of allylic oxidation sites excluding steroid dienone is 1. The van der Waals surface area contributed by atoms with E-state index < -0.39 is 118 Å². The maximum atomic E-state index is 14.4. The van der Waals surface area contributed by atoms with E-state index >= 15 is 0 Å². The standard InChI is InChI=1S/C45H72O19/c1-18(17-58-41-38(56)35(53)32(50)28(14-46)61-41)5-6-26-19(2)31-27(60-26)13-23-21-12-25(49)24-11-20(7-9-44(24,3)22(21)8-10-45(23,31)4)59-43-40(37(55)34(52)30(16-48)63-43)64-42-39(57)36(54)33(51)29(15-47)62-42/h18,20-24,27-43,46-48,50-57H,5-17H2,1-4H3/t18-,20+,21-,22+,23-,24+,27+,28-,29-,30-,31+,32-,33-,34+,35+,36+,37+,38-,39-,40-,41-,42+,43+,44-,45+/m1/s1. The highest BCUT2D eigenvalue weighted by Gasteiger charge is 2.66. The van der Waals surface area contributed by atoms with Crippen LogP contribution in [0, 0.1) is 46.3 Å². The first-order valence-corrected chi connectivity index (χ1v) is 23.4. The minimum Gasteiger partial charge on any atom is -0.494 e. The zero-order valence-electron chi connectivity index (χ0n) is 37.2. The van der Waals surface area contributed by atoms with E-state index in [4.69, 9.17) is 33.2 Å². The number of carbonyl (C=O) groups is 1. The van der Waals surface area contributed by atoms with Crippen LogP contribution in [0.3, 0.4) is 0 Å². The number of carbonyl (C=O) groups excluding carboxylic acids is 1. The summed E-state index contributed by atoms with van der Waals surface area (Å²) in [6, 6.07) is 0. The van der Waals surface area contributed by atoms with Crippen LogP contribution in [0.1, 0.15) is 85.5 Å². The Morgan fingerprint density at radius 2 is 1.27 bits per heavy atom. The third-order valence-corrected chi connectivity index (χ3v) is 17.2. The van der Waals surface area contributed by atoms with Crippen molar-refractivity contribution in [1.29, 1.82) is 0 Å². The molecule has 8 aliphatic rings. The summed E-state index contributed by atoms with van der Waals surface area (Å²) in [6.07, 6.45) is -16.2. The highest BCUT2D eigenvalue weighted by atomic mass is 16.8. The first-order valence-electron chi connectivity index (χ1n) is 23.4. The lowest BCUT2D eigenvalue weighted by Gasteiger charge is -2.60. The molecule has 0 aromatic heterocycles. The van der Waals surface area contributed by atoms with Crippen molar-refractivity contribution in [2.75, 3.05) is 26.4 Å². The lowest BCUT2D eigenvalue weighted by atomic mass is 9.44. The molecule has 19 heteroatoms. The predicted molar refractivity (Wildman–Crippen MR) is 218 cm³/mol. The summed E-state index contributed by atoms with van der Waals surface area (Å²) < 4.78 is 41.9. The number of hydrogen-bond acceptors (Lipinski definition) is 19. The van der Waals surface area contributed by atoms with Crippen molar-refractivity contribution in [3.8, 4) is 0 Å². The van der Waals surface area contributed by atoms with Crippen LogP contribution in [-0.2, 0) is 38.0 Å². The van der Waals surface area contributed by atoms with Gasteiger partial charge in [-0.25, -0.2) is 0 Å². The molecule has 4 heterocycles. The maximum Gasteiger partial charge on any atom is 0.187 e. The SMILES string of the molecule is CC1=C(CC[C@@H](C)CO[C@@H]2O[C@H](CO)[C@@H](O)[C@H](O)[C@H]2O)O[C@H]2C[C@@H]3[C@@H]4CC(=O)[C@@H]5C[C@@H](O[C@H]6O[C@H](CO)[C@H](O)[C@H](O)[C@H]6O[C@@H]6O[C@H](CO)[C@@H](O)[C@H](O)[C@H]6O)CC[C@]5(C)[C@H]4CC[C@]3(C)[C@@H]12. The summed E-state index contributed by atoms with van der Waals surface area (Å²) in [7, 11) is 0. The Morgan fingerprint density at radius 3 is 1.91 bits per heavy atom. The Hall–Kier alpha value is -1.47. The monoisotopic (exact) mass is 916 g/mol. The topological polar surface area (TPSA) is 304 Å². The second kappa shape index (κ2) is 19.1. The molecule has 8 rings (SSSR count). The fraction of sp³-hybridized carbons (Fsp3) is 0.933. The summed E-state index contributed by atoms with van der Waals surface area (Å²) in [5.74, 6) is 2.00. The molecule has 64 heavy (non-hydrogen) atoms. The van der Waals surface area contributed by atoms with Crippen LogP contribution in [-0.4, -0.2) is 193 Å². The first-order chi connectivity index (χ1) is 30.4. The van der Waals surface area contributed by atoms with Crippen molar-refractivity contribution < 1.29 is 94.1 Å². The van der Waals surface area contributed by atoms with Gasteiger partial charge < -0.3 is 89.3 Å². The Labute approximate surface area is 373 Å². The Kier molecular flexibility index (Phi) is 14.6. The van der Waals surface area contributed by atoms with Gasteiger partial charge in [0.25, 0.3) is 0 Å². The molecule has 4 saturated carbocycles. The highest BCUT2D eigenvalue weighted by Crippen LogP contribution is 2.69. The molecule has 11 N–H and O–H groups in total. The van der Waals surface area contributed by atoms with Gasteiger partial charge in [0.1, 0.15) is 85.1 Å². The molecular formula is C45H72O19. The molecule has 0 radical (unpaired) electrons. The molecule has 4 aliphatic heterocycles. The number of aliphatic hydroxyl groups excluding tert-OH is 11. The molecule has 25 atom stereocenters. The van der Waals surface area contributed by atoms with E-state index in [1.165, 1.54) is 5.57 Å². The van der Waals surface area contributed by atoms with Crippen molar-refractivity contribution in [2.24, 2.45) is 46.3 Å². The molecular weight excluding hydrogens is 844 g/mol. The molecule has 0 spiro atoms. The molecule has 4 aliphatic carbocycles. The van der Waals surface area contributed by atoms with Gasteiger partial charge in [0.2, 0.25) is 0 Å². The number of ketones is 1. The maximum absolute atomic E-state index is 14.4. The van der Waals surface area contributed by atoms with Gasteiger partial charge in [0.15, 0.2) is 18.9 Å². The minimum absolute atomic E-state index is 0.0273. The minimum atomic E-state index is -1.79. The Bertz CT molecular complexity index is 1660. The van der Waals surface area contributed by atoms with E-state index in [1.807, 2.05) is 6.92 Å². The van der Waals surface area contributed by atoms with E-state index in [0.717, 1.165) is 31.4 Å². The fourth-order valence-electron chi connectivity index (χ4n) is 13.5. The summed E-state index contributed by atoms with van der Waals surface area (Å²) in [6.45, 7) is 7.19. The van der Waals surface area contributed by atoms with Crippen LogP contribution in [0.25, 0.3) is 0 Å². The molecule has 0 aromatic rings. The van der Waals surface area contributed by atoms with Crippen LogP contribution in [0.2, 0.25) is 0 Å². The molecule has 0 amide bonds. The smallest absolute Gasteiger partial charge is 0.187 e. The van der Waals surface area contributed by atoms with Crippen molar-refractivity contribution in [3.63, 3.8) is 0 Å². The van der Waals surface area contributed by atoms with Gasteiger partial charge in [0, 0.05) is 24.7 Å². The summed E-state index contributed by atoms with van der Waals surface area (Å²) in [5.41, 5.74) is 0.939. The lowest BCUT2D eigenvalue weighted by Crippen LogP contribution is -2.65. The molecule has 7 fully saturated rings. The van der Waals surface area contributed by atoms with Crippen molar-refractivity contribution in [2.45, 2.75) is 190 Å². The van der Waals surface area contributed by atoms with Crippen molar-refractivity contribution >= 4 is 5.78 Å². The largest absolute Gasteiger partial charge is 0.494 e. The van der Waals surface area contributed by atoms with Crippen LogP contribution < -0.4 is 0 Å². The first kappa shape index (κ1) is 49.0. The lowest BCUT2D eigenvalue weighted by molar-refractivity contribution is -0.373. The van der Waals surface area contributed by atoms with Gasteiger partial charge in [0.05, 0.1) is 38.3 Å². The zero-order valence-corrected chi connectivity index (χ0v) is 37.2. The van der Waals surface area contributed by atoms with Gasteiger partial charge in [-0.3, -0.25) is 4.79 Å². The normalized spacial score (nSPS) is 52.1. The molecule has 0 aromatic carbocycles. The van der Waals surface area contributed by atoms with Crippen LogP contribution in [0.5, 0.6) is 0 Å². The van der Waals surface area contributed by atoms with E-state index in [0.29, 0.717) is 43.9 Å². The van der Waals surface area contributed by atoms with E-state index in [-0.39, 0.29) is 53.0 Å². The second-order valence-electron chi connectivity index (χ2n) is 20.8. The van der Waals surface area contributed by atoms with Gasteiger partial charge in [-0.05, 0) is 91.9 Å². The molecule has 3 saturated heterocycles. The number of ether oxygens (including phenoxy) is 7. The number of fused-ring (bicyclic) bond motifs is 7. The number of Topliss-reactive ketones (excluding diaryl/α,β-unsaturated/α-hetero) is 1. The predicted octanol–water partition coefficient (Wildman–Crippen LogP) is -1.65. The summed E-state index contributed by atoms with van der Waals surface area (Å²) in [4.78, 5) is 14.4. The molecule has 366 valence electrons. The second-order valence-corrected chi connectivity index (χ2v) is 20.8. The fourth-order valence-corrected chi connectivity index (χ4v) is 13.5. The Morgan fingerprint density at radius 1 is 0.688 bits per heavy atom. The third-order valence-electron chi connectivity index (χ3n) is 17.2. The molecule has 0 unspecified atom stereocenters. The average Bonchev–Trinajstić information content (AvgIpc) is 3.76. The van der Waals surface area contributed by atoms with E-state index in [9.17, 15) is 61.0 Å². The number of rotatable bonds is 13. The van der Waals surface area contributed by atoms with Crippen LogP contribution >= 0.6 is 0 Å². The van der Waals surface area contributed by atoms with Gasteiger partial charge in [-0.15, -0.1) is 0 Å². The third kappa shape index (κ3) is 8.54. The van der Waals surface area contributed by atoms with Crippen molar-refractivity contribution in [3.05, 3.63) is 11.3 Å². The van der Waals surface area contributed by atoms with Crippen molar-refractivity contribution in [1.82, 2.24) is 0 Å². The quantitative estimate of drug-likeness (QED) is 0.0923. The summed E-state index contributed by atoms with van der Waals surface area (Å²) in [5, 5.41) is 113. The zero-order chi connectivity index (χ0) is 46.2. The highest BCUT2D eigenvalue weighted by molar-refractivity contribution is 5.83. The van der Waals surface area contributed by atoms with Gasteiger partial charge in [-0.1, -0.05) is 20.8 Å². The van der Waals surface area contributed by atoms with Gasteiger partial charge in [-0.2, -0.15) is 0 Å². The van der Waals surface area contributed by atoms with Crippen LogP contribution in [0.15, 0.2) is 11.3 Å². The van der Waals surface area contributed by atoms with E-state index in [1.54, 1.807) is 0 Å².